The number of fused-ring (bicyclic) bond motifs is 1. The predicted octanol–water partition coefficient (Wildman–Crippen LogP) is 4.93. The summed E-state index contributed by atoms with van der Waals surface area (Å²) in [6, 6.07) is 14.6. The predicted molar refractivity (Wildman–Crippen MR) is 147 cm³/mol. The lowest BCUT2D eigenvalue weighted by Gasteiger charge is -2.61. The van der Waals surface area contributed by atoms with E-state index in [1.807, 2.05) is 0 Å². The number of hydrogen-bond donors (Lipinski definition) is 0. The van der Waals surface area contributed by atoms with Crippen LogP contribution in [0.15, 0.2) is 48.5 Å². The molecule has 2 saturated heterocycles. The molecule has 0 saturated carbocycles. The third kappa shape index (κ3) is 5.29. The average Bonchev–Trinajstić information content (AvgIpc) is 3.24. The molecule has 0 aliphatic carbocycles. The first-order valence-corrected chi connectivity index (χ1v) is 13.9. The Labute approximate surface area is 232 Å². The molecule has 0 N–H and O–H groups in total. The average molecular weight is 554 g/mol. The molecule has 10 heteroatoms. The summed E-state index contributed by atoms with van der Waals surface area (Å²) in [5.41, 5.74) is 5.17. The Morgan fingerprint density at radius 1 is 0.950 bits per heavy atom. The molecule has 1 spiro atoms. The van der Waals surface area contributed by atoms with Crippen LogP contribution in [0.5, 0.6) is 5.75 Å². The molecule has 3 aliphatic heterocycles. The molecule has 0 bridgehead atoms. The standard InChI is InChI=1S/C30H34F3N5O2/c1-3-25-28(38-15-14-35(2)16-27(38)34-25)26(39)13-6-21-4-7-22(8-5-21)36-17-29(18-36)19-37(20-29)23-9-11-24(12-10-23)40-30(31,32)33/h4-5,7-12H,3,6,13-20H2,1-2H3. The first-order valence-electron chi connectivity index (χ1n) is 13.9. The Morgan fingerprint density at radius 2 is 1.55 bits per heavy atom. The van der Waals surface area contributed by atoms with E-state index < -0.39 is 6.36 Å². The maximum absolute atomic E-state index is 13.2. The molecule has 0 unspecified atom stereocenters. The van der Waals surface area contributed by atoms with Crippen LogP contribution < -0.4 is 14.5 Å². The molecule has 6 rings (SSSR count). The van der Waals surface area contributed by atoms with Gasteiger partial charge in [0.05, 0.1) is 12.2 Å². The van der Waals surface area contributed by atoms with Gasteiger partial charge in [0.25, 0.3) is 0 Å². The number of anilines is 2. The Hall–Kier alpha value is -3.53. The smallest absolute Gasteiger partial charge is 0.406 e. The molecule has 0 amide bonds. The molecule has 212 valence electrons. The van der Waals surface area contributed by atoms with Crippen LogP contribution in [0, 0.1) is 5.41 Å². The number of imidazole rings is 1. The quantitative estimate of drug-likeness (QED) is 0.369. The summed E-state index contributed by atoms with van der Waals surface area (Å²) >= 11 is 0. The van der Waals surface area contributed by atoms with Crippen LogP contribution >= 0.6 is 0 Å². The minimum Gasteiger partial charge on any atom is -0.406 e. The third-order valence-electron chi connectivity index (χ3n) is 8.32. The molecule has 2 aromatic carbocycles. The summed E-state index contributed by atoms with van der Waals surface area (Å²) in [5.74, 6) is 0.966. The molecule has 2 fully saturated rings. The number of aromatic nitrogens is 2. The zero-order chi connectivity index (χ0) is 28.1. The van der Waals surface area contributed by atoms with Crippen LogP contribution in [0.4, 0.5) is 24.5 Å². The Kier molecular flexibility index (Phi) is 6.76. The van der Waals surface area contributed by atoms with Gasteiger partial charge in [-0.25, -0.2) is 4.98 Å². The van der Waals surface area contributed by atoms with Crippen molar-refractivity contribution in [1.82, 2.24) is 14.5 Å². The first-order chi connectivity index (χ1) is 19.1. The maximum atomic E-state index is 13.2. The molecule has 7 nitrogen and oxygen atoms in total. The number of hydrogen-bond acceptors (Lipinski definition) is 6. The summed E-state index contributed by atoms with van der Waals surface area (Å²) in [4.78, 5) is 24.7. The fourth-order valence-electron chi connectivity index (χ4n) is 6.27. The number of carbonyl (C=O) groups excluding carboxylic acids is 1. The van der Waals surface area contributed by atoms with E-state index in [0.717, 1.165) is 80.7 Å². The van der Waals surface area contributed by atoms with E-state index in [1.165, 1.54) is 17.8 Å². The monoisotopic (exact) mass is 553 g/mol. The Balaban J connectivity index is 0.990. The molecule has 3 aliphatic rings. The molecule has 0 atom stereocenters. The number of rotatable bonds is 8. The van der Waals surface area contributed by atoms with Gasteiger partial charge in [0.1, 0.15) is 17.3 Å². The van der Waals surface area contributed by atoms with Crippen molar-refractivity contribution in [3.05, 3.63) is 71.3 Å². The van der Waals surface area contributed by atoms with Crippen molar-refractivity contribution in [2.45, 2.75) is 45.6 Å². The first kappa shape index (κ1) is 26.7. The molecule has 3 aromatic rings. The second-order valence-electron chi connectivity index (χ2n) is 11.4. The van der Waals surface area contributed by atoms with Crippen molar-refractivity contribution < 1.29 is 22.7 Å². The number of nitrogens with zero attached hydrogens (tertiary/aromatic N) is 5. The van der Waals surface area contributed by atoms with Gasteiger partial charge < -0.3 is 19.1 Å². The van der Waals surface area contributed by atoms with Gasteiger partial charge in [-0.3, -0.25) is 9.69 Å². The SMILES string of the molecule is CCc1nc2n(c1C(=O)CCc1ccc(N3CC4(C3)CN(c3ccc(OC(F)(F)F)cc3)C4)cc1)CCN(C)C2. The lowest BCUT2D eigenvalue weighted by atomic mass is 9.72. The van der Waals surface area contributed by atoms with E-state index in [0.29, 0.717) is 12.8 Å². The Morgan fingerprint density at radius 3 is 2.12 bits per heavy atom. The fraction of sp³-hybridized carbons (Fsp3) is 0.467. The number of ketones is 1. The zero-order valence-electron chi connectivity index (χ0n) is 22.9. The number of aryl methyl sites for hydroxylation is 2. The van der Waals surface area contributed by atoms with Gasteiger partial charge in [-0.1, -0.05) is 19.1 Å². The van der Waals surface area contributed by atoms with Crippen molar-refractivity contribution >= 4 is 17.2 Å². The van der Waals surface area contributed by atoms with E-state index in [4.69, 9.17) is 4.98 Å². The van der Waals surface area contributed by atoms with E-state index in [2.05, 4.69) is 62.2 Å². The lowest BCUT2D eigenvalue weighted by molar-refractivity contribution is -0.274. The number of ether oxygens (including phenoxy) is 1. The van der Waals surface area contributed by atoms with Gasteiger partial charge in [0.15, 0.2) is 5.78 Å². The van der Waals surface area contributed by atoms with Gasteiger partial charge in [0, 0.05) is 62.5 Å². The number of likely N-dealkylation sites (N-methyl/N-ethyl adjacent to an activating group) is 1. The molecule has 40 heavy (non-hydrogen) atoms. The molecular weight excluding hydrogens is 519 g/mol. The molecule has 0 radical (unpaired) electrons. The highest BCUT2D eigenvalue weighted by Crippen LogP contribution is 2.44. The lowest BCUT2D eigenvalue weighted by Crippen LogP contribution is -2.72. The van der Waals surface area contributed by atoms with Crippen LogP contribution in [0.25, 0.3) is 0 Å². The van der Waals surface area contributed by atoms with Crippen LogP contribution in [0.2, 0.25) is 0 Å². The van der Waals surface area contributed by atoms with Crippen LogP contribution in [0.1, 0.15) is 40.9 Å². The van der Waals surface area contributed by atoms with Gasteiger partial charge in [-0.2, -0.15) is 0 Å². The largest absolute Gasteiger partial charge is 0.573 e. The van der Waals surface area contributed by atoms with Crippen molar-refractivity contribution in [1.29, 1.82) is 0 Å². The second-order valence-corrected chi connectivity index (χ2v) is 11.4. The highest BCUT2D eigenvalue weighted by atomic mass is 19.4. The summed E-state index contributed by atoms with van der Waals surface area (Å²) in [7, 11) is 2.08. The van der Waals surface area contributed by atoms with Crippen LogP contribution in [-0.2, 0) is 25.9 Å². The molecular formula is C30H34F3N5O2. The van der Waals surface area contributed by atoms with Gasteiger partial charge in [-0.15, -0.1) is 13.2 Å². The summed E-state index contributed by atoms with van der Waals surface area (Å²) < 4.78 is 43.2. The van der Waals surface area contributed by atoms with Crippen molar-refractivity contribution in [2.24, 2.45) is 5.41 Å². The highest BCUT2D eigenvalue weighted by Gasteiger charge is 2.51. The Bertz CT molecular complexity index is 1370. The number of alkyl halides is 3. The topological polar surface area (TPSA) is 53.8 Å². The zero-order valence-corrected chi connectivity index (χ0v) is 22.9. The second kappa shape index (κ2) is 10.1. The molecule has 4 heterocycles. The maximum Gasteiger partial charge on any atom is 0.573 e. The highest BCUT2D eigenvalue weighted by molar-refractivity contribution is 5.96. The number of carbonyl (C=O) groups is 1. The number of benzene rings is 2. The van der Waals surface area contributed by atoms with E-state index >= 15 is 0 Å². The van der Waals surface area contributed by atoms with E-state index in [9.17, 15) is 18.0 Å². The van der Waals surface area contributed by atoms with Gasteiger partial charge >= 0.3 is 6.36 Å². The van der Waals surface area contributed by atoms with Crippen molar-refractivity contribution in [3.8, 4) is 5.75 Å². The van der Waals surface area contributed by atoms with Gasteiger partial charge in [-0.05, 0) is 61.9 Å². The van der Waals surface area contributed by atoms with E-state index in [-0.39, 0.29) is 16.9 Å². The summed E-state index contributed by atoms with van der Waals surface area (Å²) in [6.45, 7) is 8.27. The number of halogens is 3. The van der Waals surface area contributed by atoms with Crippen molar-refractivity contribution in [3.63, 3.8) is 0 Å². The van der Waals surface area contributed by atoms with Crippen LogP contribution in [-0.4, -0.2) is 66.4 Å². The summed E-state index contributed by atoms with van der Waals surface area (Å²) in [6.07, 6.45) is -2.74. The summed E-state index contributed by atoms with van der Waals surface area (Å²) in [5, 5.41) is 0. The third-order valence-corrected chi connectivity index (χ3v) is 8.32. The minimum atomic E-state index is -4.68. The number of Topliss-reactive ketones (excluding diaryl/α,β-unsaturated/α-hetero) is 1. The molecule has 1 aromatic heterocycles. The van der Waals surface area contributed by atoms with Gasteiger partial charge in [0.2, 0.25) is 0 Å². The minimum absolute atomic E-state index is 0.172. The fourth-order valence-corrected chi connectivity index (χ4v) is 6.27. The van der Waals surface area contributed by atoms with Crippen LogP contribution in [0.3, 0.4) is 0 Å². The normalized spacial score (nSPS) is 18.3. The van der Waals surface area contributed by atoms with E-state index in [1.54, 1.807) is 12.1 Å². The van der Waals surface area contributed by atoms with Crippen molar-refractivity contribution in [2.75, 3.05) is 49.6 Å².